The number of fused-ring (bicyclic) bond motifs is 2. The van der Waals surface area contributed by atoms with Crippen LogP contribution in [0.25, 0.3) is 33.4 Å². The summed E-state index contributed by atoms with van der Waals surface area (Å²) in [4.78, 5) is 32.0. The number of aromatic nitrogens is 3. The molecule has 0 radical (unpaired) electrons. The molecule has 1 amide bonds. The summed E-state index contributed by atoms with van der Waals surface area (Å²) in [5.74, 6) is 1.08. The fraction of sp³-hybridized carbons (Fsp3) is 0.489. The summed E-state index contributed by atoms with van der Waals surface area (Å²) in [6, 6.07) is 20.9. The molecule has 3 aromatic rings. The second-order valence-electron chi connectivity index (χ2n) is 15.6. The van der Waals surface area contributed by atoms with Crippen molar-refractivity contribution in [1.29, 1.82) is 0 Å². The van der Waals surface area contributed by atoms with Gasteiger partial charge < -0.3 is 18.7 Å². The fourth-order valence-corrected chi connectivity index (χ4v) is 7.93. The smallest absolute Gasteiger partial charge is 0.254 e. The first-order valence-electron chi connectivity index (χ1n) is 20.5. The Morgan fingerprint density at radius 2 is 1.67 bits per heavy atom. The van der Waals surface area contributed by atoms with Crippen LogP contribution in [0.1, 0.15) is 76.4 Å². The van der Waals surface area contributed by atoms with Crippen molar-refractivity contribution < 1.29 is 18.5 Å². The molecule has 0 unspecified atom stereocenters. The Balaban J connectivity index is 1.19. The first-order valence-corrected chi connectivity index (χ1v) is 20.5. The van der Waals surface area contributed by atoms with Gasteiger partial charge in [0.15, 0.2) is 0 Å². The standard InChI is InChI=1S/C45H61N7O3/c1-8-48(9-2)35-20-22-39-42(30-35)55-43-31-36(49(10-3)11-4)21-23-40(43)44(39)37-17-13-14-18-38(37)45(54)50-26-24-33(25-27-50)41(53)19-15-16-34-32-51(47-46-34)28-29-52(6,7)12-5/h13-14,17-18,20-23,30-33H,8-12,15-16,19,24-29H2,1-7H3/q+2. The molecule has 0 atom stereocenters. The Labute approximate surface area is 327 Å². The van der Waals surface area contributed by atoms with E-state index in [4.69, 9.17) is 4.42 Å². The highest BCUT2D eigenvalue weighted by molar-refractivity contribution is 6.09. The molecule has 0 N–H and O–H groups in total. The van der Waals surface area contributed by atoms with E-state index in [1.54, 1.807) is 0 Å². The Hall–Kier alpha value is -4.83. The van der Waals surface area contributed by atoms with Crippen LogP contribution >= 0.6 is 0 Å². The Morgan fingerprint density at radius 1 is 0.927 bits per heavy atom. The van der Waals surface area contributed by atoms with Gasteiger partial charge >= 0.3 is 0 Å². The number of hydrogen-bond donors (Lipinski definition) is 0. The van der Waals surface area contributed by atoms with Crippen molar-refractivity contribution in [3.8, 4) is 22.5 Å². The number of carbonyl (C=O) groups excluding carboxylic acids is 2. The molecule has 1 aliphatic carbocycles. The largest absolute Gasteiger partial charge is 0.456 e. The van der Waals surface area contributed by atoms with E-state index in [2.05, 4.69) is 111 Å². The van der Waals surface area contributed by atoms with Crippen molar-refractivity contribution >= 4 is 28.3 Å². The van der Waals surface area contributed by atoms with Crippen molar-refractivity contribution in [3.63, 3.8) is 0 Å². The molecule has 3 heterocycles. The normalized spacial score (nSPS) is 13.8. The third-order valence-electron chi connectivity index (χ3n) is 11.8. The van der Waals surface area contributed by atoms with Gasteiger partial charge in [0, 0.05) is 84.6 Å². The SMILES string of the molecule is CCN(CC)c1ccc2c(-c3ccccc3C(=O)N3CCC(C(=O)CCCc4cn(CC[N+](C)(C)CC)nn4)CC3)c3ccc(=[N+](CC)CC)cc-3oc2c1. The zero-order valence-corrected chi connectivity index (χ0v) is 34.2. The Morgan fingerprint density at radius 3 is 2.38 bits per heavy atom. The molecule has 6 rings (SSSR count). The van der Waals surface area contributed by atoms with Gasteiger partial charge in [0.2, 0.25) is 5.36 Å². The van der Waals surface area contributed by atoms with Crippen LogP contribution in [0.2, 0.25) is 0 Å². The maximum atomic E-state index is 14.4. The summed E-state index contributed by atoms with van der Waals surface area (Å²) >= 11 is 0. The molecule has 10 nitrogen and oxygen atoms in total. The topological polar surface area (TPSA) is 87.5 Å². The summed E-state index contributed by atoms with van der Waals surface area (Å²) in [6.07, 6.45) is 5.43. The van der Waals surface area contributed by atoms with Gasteiger partial charge in [-0.25, -0.2) is 9.26 Å². The van der Waals surface area contributed by atoms with E-state index < -0.39 is 0 Å². The molecule has 3 aliphatic rings. The second-order valence-corrected chi connectivity index (χ2v) is 15.6. The number of amides is 1. The number of carbonyl (C=O) groups is 2. The number of anilines is 1. The number of hydrogen-bond acceptors (Lipinski definition) is 6. The van der Waals surface area contributed by atoms with Gasteiger partial charge in [-0.1, -0.05) is 23.4 Å². The third kappa shape index (κ3) is 9.01. The van der Waals surface area contributed by atoms with Crippen LogP contribution in [-0.2, 0) is 17.8 Å². The Bertz CT molecular complexity index is 2130. The number of quaternary nitrogens is 1. The van der Waals surface area contributed by atoms with E-state index in [0.717, 1.165) is 113 Å². The monoisotopic (exact) mass is 747 g/mol. The number of nitrogens with zero attached hydrogens (tertiary/aromatic N) is 7. The highest BCUT2D eigenvalue weighted by atomic mass is 16.3. The van der Waals surface area contributed by atoms with E-state index >= 15 is 0 Å². The number of ketones is 1. The highest BCUT2D eigenvalue weighted by Gasteiger charge is 2.30. The predicted molar refractivity (Wildman–Crippen MR) is 222 cm³/mol. The molecule has 292 valence electrons. The van der Waals surface area contributed by atoms with E-state index in [0.29, 0.717) is 43.7 Å². The zero-order valence-electron chi connectivity index (χ0n) is 34.2. The lowest BCUT2D eigenvalue weighted by Gasteiger charge is -2.32. The first-order chi connectivity index (χ1) is 26.6. The van der Waals surface area contributed by atoms with Crippen LogP contribution in [0.4, 0.5) is 5.69 Å². The lowest BCUT2D eigenvalue weighted by atomic mass is 9.88. The number of aryl methyl sites for hydroxylation is 1. The van der Waals surface area contributed by atoms with Gasteiger partial charge in [-0.15, -0.1) is 5.10 Å². The minimum absolute atomic E-state index is 0.00678. The van der Waals surface area contributed by atoms with Gasteiger partial charge in [0.1, 0.15) is 30.2 Å². The lowest BCUT2D eigenvalue weighted by Crippen LogP contribution is -2.41. The first kappa shape index (κ1) is 39.9. The Kier molecular flexibility index (Phi) is 12.9. The van der Waals surface area contributed by atoms with Gasteiger partial charge in [-0.2, -0.15) is 0 Å². The van der Waals surface area contributed by atoms with Crippen LogP contribution in [0.5, 0.6) is 0 Å². The minimum Gasteiger partial charge on any atom is -0.456 e. The third-order valence-corrected chi connectivity index (χ3v) is 11.8. The number of likely N-dealkylation sites (N-methyl/N-ethyl adjacent to an activating group) is 1. The predicted octanol–water partition coefficient (Wildman–Crippen LogP) is 6.99. The second kappa shape index (κ2) is 17.8. The lowest BCUT2D eigenvalue weighted by molar-refractivity contribution is -0.889. The summed E-state index contributed by atoms with van der Waals surface area (Å²) in [7, 11) is 4.44. The average molecular weight is 748 g/mol. The molecule has 1 saturated heterocycles. The van der Waals surface area contributed by atoms with E-state index in [1.165, 1.54) is 0 Å². The summed E-state index contributed by atoms with van der Waals surface area (Å²) < 4.78 is 11.9. The molecule has 0 spiro atoms. The molecule has 10 heteroatoms. The van der Waals surface area contributed by atoms with Crippen molar-refractivity contribution in [2.24, 2.45) is 5.92 Å². The number of rotatable bonds is 16. The van der Waals surface area contributed by atoms with Gasteiger partial charge in [0.25, 0.3) is 5.91 Å². The fourth-order valence-electron chi connectivity index (χ4n) is 7.93. The summed E-state index contributed by atoms with van der Waals surface area (Å²) in [5.41, 5.74) is 6.40. The summed E-state index contributed by atoms with van der Waals surface area (Å²) in [5, 5.41) is 10.7. The average Bonchev–Trinajstić information content (AvgIpc) is 3.67. The van der Waals surface area contributed by atoms with Crippen molar-refractivity contribution in [3.05, 3.63) is 83.5 Å². The summed E-state index contributed by atoms with van der Waals surface area (Å²) in [6.45, 7) is 18.5. The van der Waals surface area contributed by atoms with Crippen molar-refractivity contribution in [2.45, 2.75) is 73.3 Å². The quantitative estimate of drug-likeness (QED) is 0.0615. The van der Waals surface area contributed by atoms with Crippen LogP contribution in [0, 0.1) is 5.92 Å². The van der Waals surface area contributed by atoms with Crippen LogP contribution in [-0.4, -0.2) is 103 Å². The van der Waals surface area contributed by atoms with Crippen LogP contribution < -0.4 is 14.8 Å². The molecule has 2 aromatic carbocycles. The maximum absolute atomic E-state index is 14.4. The van der Waals surface area contributed by atoms with Gasteiger partial charge in [-0.3, -0.25) is 9.59 Å². The van der Waals surface area contributed by atoms with Crippen LogP contribution in [0.3, 0.4) is 0 Å². The molecule has 0 bridgehead atoms. The van der Waals surface area contributed by atoms with E-state index in [9.17, 15) is 9.59 Å². The van der Waals surface area contributed by atoms with Gasteiger partial charge in [-0.05, 0) is 90.1 Å². The maximum Gasteiger partial charge on any atom is 0.254 e. The number of benzene rings is 3. The highest BCUT2D eigenvalue weighted by Crippen LogP contribution is 2.42. The molecule has 55 heavy (non-hydrogen) atoms. The van der Waals surface area contributed by atoms with Crippen molar-refractivity contribution in [2.75, 3.05) is 71.4 Å². The molecular formula is C45H61N7O3+2. The molecular weight excluding hydrogens is 687 g/mol. The number of piperidine rings is 1. The number of likely N-dealkylation sites (tertiary alicyclic amines) is 1. The molecule has 0 saturated carbocycles. The van der Waals surface area contributed by atoms with Crippen molar-refractivity contribution in [1.82, 2.24) is 24.5 Å². The molecule has 2 aliphatic heterocycles. The van der Waals surface area contributed by atoms with Gasteiger partial charge in [0.05, 0.1) is 45.5 Å². The zero-order chi connectivity index (χ0) is 39.1. The number of Topliss-reactive ketones (excluding diaryl/α,β-unsaturated/α-hetero) is 1. The molecule has 1 fully saturated rings. The van der Waals surface area contributed by atoms with Crippen LogP contribution in [0.15, 0.2) is 71.3 Å². The molecule has 1 aromatic heterocycles. The minimum atomic E-state index is -0.0207. The van der Waals surface area contributed by atoms with E-state index in [1.807, 2.05) is 34.0 Å². The van der Waals surface area contributed by atoms with E-state index in [-0.39, 0.29) is 11.8 Å².